The molecule has 1 amide bonds. The van der Waals surface area contributed by atoms with Gasteiger partial charge in [-0.3, -0.25) is 9.59 Å². The number of carbonyl (C=O) groups excluding carboxylic acids is 2. The van der Waals surface area contributed by atoms with Gasteiger partial charge in [-0.1, -0.05) is 26.2 Å². The van der Waals surface area contributed by atoms with Crippen LogP contribution < -0.4 is 0 Å². The largest absolute Gasteiger partial charge is 0.469 e. The lowest BCUT2D eigenvalue weighted by Gasteiger charge is -2.28. The van der Waals surface area contributed by atoms with Crippen LogP contribution in [-0.2, 0) is 14.3 Å². The minimum absolute atomic E-state index is 0.225. The molecule has 0 radical (unpaired) electrons. The van der Waals surface area contributed by atoms with Gasteiger partial charge in [-0.05, 0) is 64.1 Å². The number of ether oxygens (including phenoxy) is 1. The second-order valence-corrected chi connectivity index (χ2v) is 8.23. The quantitative estimate of drug-likeness (QED) is 0.439. The first-order valence-corrected chi connectivity index (χ1v) is 10.7. The second kappa shape index (κ2) is 11.6. The van der Waals surface area contributed by atoms with E-state index in [2.05, 4.69) is 4.90 Å². The molecule has 1 atom stereocenters. The molecular weight excluding hydrogens is 328 g/mol. The summed E-state index contributed by atoms with van der Waals surface area (Å²) in [6, 6.07) is 0. The Morgan fingerprint density at radius 2 is 1.77 bits per heavy atom. The number of likely N-dealkylation sites (tertiary alicyclic amines) is 1. The van der Waals surface area contributed by atoms with Crippen molar-refractivity contribution < 1.29 is 14.3 Å². The molecule has 0 aromatic carbocycles. The van der Waals surface area contributed by atoms with Gasteiger partial charge in [0, 0.05) is 19.5 Å². The predicted molar refractivity (Wildman–Crippen MR) is 104 cm³/mol. The van der Waals surface area contributed by atoms with Crippen LogP contribution >= 0.6 is 0 Å². The minimum Gasteiger partial charge on any atom is -0.469 e. The van der Waals surface area contributed by atoms with Gasteiger partial charge in [0.1, 0.15) is 0 Å². The summed E-state index contributed by atoms with van der Waals surface area (Å²) in [7, 11) is 1.42. The van der Waals surface area contributed by atoms with E-state index in [4.69, 9.17) is 4.74 Å². The molecule has 1 saturated carbocycles. The Morgan fingerprint density at radius 3 is 2.42 bits per heavy atom. The molecule has 5 nitrogen and oxygen atoms in total. The lowest BCUT2D eigenvalue weighted by Crippen LogP contribution is -2.39. The van der Waals surface area contributed by atoms with Gasteiger partial charge in [0.15, 0.2) is 0 Å². The lowest BCUT2D eigenvalue weighted by molar-refractivity contribution is -0.146. The molecule has 0 aromatic heterocycles. The van der Waals surface area contributed by atoms with Crippen LogP contribution in [0.4, 0.5) is 0 Å². The van der Waals surface area contributed by atoms with Gasteiger partial charge in [0.25, 0.3) is 0 Å². The van der Waals surface area contributed by atoms with E-state index in [1.165, 1.54) is 65.1 Å². The maximum atomic E-state index is 12.9. The molecule has 0 aromatic rings. The van der Waals surface area contributed by atoms with Gasteiger partial charge in [-0.2, -0.15) is 0 Å². The second-order valence-electron chi connectivity index (χ2n) is 8.23. The van der Waals surface area contributed by atoms with E-state index < -0.39 is 0 Å². The Morgan fingerprint density at radius 1 is 1.08 bits per heavy atom. The summed E-state index contributed by atoms with van der Waals surface area (Å²) in [5.74, 6) is 0.289. The molecule has 2 aliphatic rings. The summed E-state index contributed by atoms with van der Waals surface area (Å²) in [6.07, 6.45) is 11.6. The van der Waals surface area contributed by atoms with E-state index in [1.807, 2.05) is 11.8 Å². The average molecular weight is 367 g/mol. The van der Waals surface area contributed by atoms with Crippen LogP contribution in [-0.4, -0.2) is 61.5 Å². The van der Waals surface area contributed by atoms with Crippen molar-refractivity contribution in [2.75, 3.05) is 39.8 Å². The third-order valence-electron chi connectivity index (χ3n) is 5.99. The Kier molecular flexibility index (Phi) is 9.44. The summed E-state index contributed by atoms with van der Waals surface area (Å²) in [5, 5.41) is 0. The molecule has 1 saturated heterocycles. The zero-order valence-electron chi connectivity index (χ0n) is 16.9. The first-order valence-electron chi connectivity index (χ1n) is 10.7. The molecular formula is C21H38N2O3. The molecule has 26 heavy (non-hydrogen) atoms. The molecule has 1 aliphatic heterocycles. The first kappa shape index (κ1) is 21.2. The summed E-state index contributed by atoms with van der Waals surface area (Å²) >= 11 is 0. The number of amides is 1. The smallest absolute Gasteiger partial charge is 0.310 e. The highest BCUT2D eigenvalue weighted by molar-refractivity contribution is 5.78. The van der Waals surface area contributed by atoms with Crippen molar-refractivity contribution in [2.24, 2.45) is 11.8 Å². The molecule has 0 spiro atoms. The van der Waals surface area contributed by atoms with Crippen LogP contribution in [0.1, 0.15) is 71.1 Å². The molecule has 1 unspecified atom stereocenters. The highest BCUT2D eigenvalue weighted by Gasteiger charge is 2.24. The third kappa shape index (κ3) is 7.26. The number of methoxy groups -OCH3 is 1. The highest BCUT2D eigenvalue weighted by Crippen LogP contribution is 2.27. The van der Waals surface area contributed by atoms with E-state index in [-0.39, 0.29) is 17.8 Å². The fraction of sp³-hybridized carbons (Fsp3) is 0.905. The number of hydrogen-bond donors (Lipinski definition) is 0. The summed E-state index contributed by atoms with van der Waals surface area (Å²) < 4.78 is 4.85. The van der Waals surface area contributed by atoms with Crippen LogP contribution in [0.5, 0.6) is 0 Å². The number of esters is 1. The first-order chi connectivity index (χ1) is 12.6. The standard InChI is InChI=1S/C21H38N2O3/c1-18(21(25)26-2)17-23(15-9-8-14-22-12-6-7-13-22)20(24)16-19-10-4-3-5-11-19/h18-19H,3-17H2,1-2H3. The zero-order chi connectivity index (χ0) is 18.8. The van der Waals surface area contributed by atoms with E-state index in [1.54, 1.807) is 0 Å². The van der Waals surface area contributed by atoms with Gasteiger partial charge in [-0.15, -0.1) is 0 Å². The highest BCUT2D eigenvalue weighted by atomic mass is 16.5. The predicted octanol–water partition coefficient (Wildman–Crippen LogP) is 3.47. The van der Waals surface area contributed by atoms with Crippen molar-refractivity contribution in [3.63, 3.8) is 0 Å². The van der Waals surface area contributed by atoms with E-state index in [9.17, 15) is 9.59 Å². The Labute approximate surface area is 159 Å². The summed E-state index contributed by atoms with van der Waals surface area (Å²) in [5.41, 5.74) is 0. The molecule has 150 valence electrons. The number of rotatable bonds is 10. The average Bonchev–Trinajstić information content (AvgIpc) is 3.17. The topological polar surface area (TPSA) is 49.9 Å². The monoisotopic (exact) mass is 366 g/mol. The number of carbonyl (C=O) groups is 2. The van der Waals surface area contributed by atoms with Crippen LogP contribution in [0.25, 0.3) is 0 Å². The van der Waals surface area contributed by atoms with Crippen molar-refractivity contribution in [1.29, 1.82) is 0 Å². The zero-order valence-corrected chi connectivity index (χ0v) is 16.9. The van der Waals surface area contributed by atoms with Crippen LogP contribution in [0.15, 0.2) is 0 Å². The van der Waals surface area contributed by atoms with Crippen molar-refractivity contribution in [2.45, 2.75) is 71.1 Å². The molecule has 1 heterocycles. The maximum Gasteiger partial charge on any atom is 0.310 e. The van der Waals surface area contributed by atoms with Crippen molar-refractivity contribution in [3.8, 4) is 0 Å². The Bertz CT molecular complexity index is 429. The van der Waals surface area contributed by atoms with Crippen LogP contribution in [0.2, 0.25) is 0 Å². The van der Waals surface area contributed by atoms with Crippen molar-refractivity contribution >= 4 is 11.9 Å². The van der Waals surface area contributed by atoms with Gasteiger partial charge in [0.2, 0.25) is 5.91 Å². The minimum atomic E-state index is -0.256. The van der Waals surface area contributed by atoms with E-state index >= 15 is 0 Å². The van der Waals surface area contributed by atoms with Gasteiger partial charge in [-0.25, -0.2) is 0 Å². The SMILES string of the molecule is COC(=O)C(C)CN(CCCCN1CCCC1)C(=O)CC1CCCCC1. The molecule has 2 rings (SSSR count). The molecule has 1 aliphatic carbocycles. The van der Waals surface area contributed by atoms with E-state index in [0.717, 1.165) is 25.9 Å². The van der Waals surface area contributed by atoms with Crippen molar-refractivity contribution in [3.05, 3.63) is 0 Å². The van der Waals surface area contributed by atoms with Gasteiger partial charge >= 0.3 is 5.97 Å². The Hall–Kier alpha value is -1.10. The van der Waals surface area contributed by atoms with Crippen LogP contribution in [0.3, 0.4) is 0 Å². The fourth-order valence-electron chi connectivity index (χ4n) is 4.34. The normalized spacial score (nSPS) is 20.1. The molecule has 5 heteroatoms. The van der Waals surface area contributed by atoms with Crippen LogP contribution in [0, 0.1) is 11.8 Å². The lowest BCUT2D eigenvalue weighted by atomic mass is 9.86. The van der Waals surface area contributed by atoms with Gasteiger partial charge < -0.3 is 14.5 Å². The Balaban J connectivity index is 1.80. The molecule has 2 fully saturated rings. The number of unbranched alkanes of at least 4 members (excludes halogenated alkanes) is 1. The molecule has 0 bridgehead atoms. The van der Waals surface area contributed by atoms with Gasteiger partial charge in [0.05, 0.1) is 13.0 Å². The summed E-state index contributed by atoms with van der Waals surface area (Å²) in [4.78, 5) is 29.1. The molecule has 0 N–H and O–H groups in total. The fourth-order valence-corrected chi connectivity index (χ4v) is 4.34. The maximum absolute atomic E-state index is 12.9. The summed E-state index contributed by atoms with van der Waals surface area (Å²) in [6.45, 7) is 6.70. The third-order valence-corrected chi connectivity index (χ3v) is 5.99. The number of hydrogen-bond acceptors (Lipinski definition) is 4. The number of nitrogens with zero attached hydrogens (tertiary/aromatic N) is 2. The van der Waals surface area contributed by atoms with E-state index in [0.29, 0.717) is 18.9 Å². The van der Waals surface area contributed by atoms with Crippen molar-refractivity contribution in [1.82, 2.24) is 9.80 Å².